The molecule has 29 heavy (non-hydrogen) atoms. The minimum atomic E-state index is -0.0301. The molecule has 1 N–H and O–H groups in total. The van der Waals surface area contributed by atoms with Crippen LogP contribution in [0.15, 0.2) is 67.0 Å². The lowest BCUT2D eigenvalue weighted by Crippen LogP contribution is -2.47. The van der Waals surface area contributed by atoms with E-state index >= 15 is 0 Å². The number of carbonyl (C=O) groups is 1. The molecule has 2 aromatic carbocycles. The predicted molar refractivity (Wildman–Crippen MR) is 112 cm³/mol. The SMILES string of the molecule is CN1CCN(C(=O)c2cnc(Nc3ccccc3Oc3ccccc3)nc2)CC1. The van der Waals surface area contributed by atoms with Gasteiger partial charge in [0.15, 0.2) is 5.75 Å². The fourth-order valence-corrected chi connectivity index (χ4v) is 3.09. The number of nitrogens with one attached hydrogen (secondary N) is 1. The molecule has 1 aliphatic heterocycles. The second-order valence-electron chi connectivity index (χ2n) is 6.93. The zero-order valence-electron chi connectivity index (χ0n) is 16.3. The molecule has 1 aliphatic rings. The van der Waals surface area contributed by atoms with Crippen LogP contribution in [0.2, 0.25) is 0 Å². The van der Waals surface area contributed by atoms with Crippen molar-refractivity contribution in [2.75, 3.05) is 38.5 Å². The van der Waals surface area contributed by atoms with Crippen LogP contribution in [0.3, 0.4) is 0 Å². The average molecular weight is 389 g/mol. The van der Waals surface area contributed by atoms with Crippen molar-refractivity contribution in [1.29, 1.82) is 0 Å². The lowest BCUT2D eigenvalue weighted by molar-refractivity contribution is 0.0663. The van der Waals surface area contributed by atoms with Crippen molar-refractivity contribution < 1.29 is 9.53 Å². The van der Waals surface area contributed by atoms with Gasteiger partial charge in [-0.25, -0.2) is 9.97 Å². The fourth-order valence-electron chi connectivity index (χ4n) is 3.09. The molecule has 7 nitrogen and oxygen atoms in total. The molecule has 0 radical (unpaired) electrons. The zero-order valence-corrected chi connectivity index (χ0v) is 16.3. The Morgan fingerprint density at radius 1 is 0.931 bits per heavy atom. The molecule has 4 rings (SSSR count). The maximum atomic E-state index is 12.6. The molecular weight excluding hydrogens is 366 g/mol. The minimum absolute atomic E-state index is 0.0301. The molecule has 0 bridgehead atoms. The molecule has 2 heterocycles. The summed E-state index contributed by atoms with van der Waals surface area (Å²) in [4.78, 5) is 25.3. The van der Waals surface area contributed by atoms with Crippen molar-refractivity contribution in [2.24, 2.45) is 0 Å². The maximum Gasteiger partial charge on any atom is 0.257 e. The normalized spacial score (nSPS) is 14.4. The Morgan fingerprint density at radius 2 is 1.59 bits per heavy atom. The molecule has 0 unspecified atom stereocenters. The summed E-state index contributed by atoms with van der Waals surface area (Å²) < 4.78 is 5.95. The van der Waals surface area contributed by atoms with E-state index in [0.29, 0.717) is 17.3 Å². The molecule has 1 amide bonds. The third-order valence-electron chi connectivity index (χ3n) is 4.79. The van der Waals surface area contributed by atoms with E-state index in [1.807, 2.05) is 59.5 Å². The first-order valence-corrected chi connectivity index (χ1v) is 9.58. The fraction of sp³-hybridized carbons (Fsp3) is 0.227. The number of para-hydroxylation sites is 3. The summed E-state index contributed by atoms with van der Waals surface area (Å²) in [7, 11) is 2.06. The third kappa shape index (κ3) is 4.70. The standard InChI is InChI=1S/C22H23N5O2/c1-26-11-13-27(14-12-26)21(28)17-15-23-22(24-16-17)25-19-9-5-6-10-20(19)29-18-7-3-2-4-8-18/h2-10,15-16H,11-14H2,1H3,(H,23,24,25). The highest BCUT2D eigenvalue weighted by Gasteiger charge is 2.21. The summed E-state index contributed by atoms with van der Waals surface area (Å²) in [5.74, 6) is 1.79. The molecule has 148 valence electrons. The van der Waals surface area contributed by atoms with Crippen molar-refractivity contribution in [3.05, 3.63) is 72.6 Å². The van der Waals surface area contributed by atoms with Crippen LogP contribution in [0.5, 0.6) is 11.5 Å². The van der Waals surface area contributed by atoms with Crippen LogP contribution >= 0.6 is 0 Å². The van der Waals surface area contributed by atoms with Crippen molar-refractivity contribution >= 4 is 17.5 Å². The van der Waals surface area contributed by atoms with Gasteiger partial charge in [0.2, 0.25) is 5.95 Å². The topological polar surface area (TPSA) is 70.6 Å². The van der Waals surface area contributed by atoms with E-state index in [2.05, 4.69) is 27.2 Å². The Morgan fingerprint density at radius 3 is 2.31 bits per heavy atom. The van der Waals surface area contributed by atoms with Crippen LogP contribution in [-0.4, -0.2) is 58.9 Å². The van der Waals surface area contributed by atoms with E-state index in [1.54, 1.807) is 12.4 Å². The molecule has 7 heteroatoms. The van der Waals surface area contributed by atoms with Gasteiger partial charge in [-0.2, -0.15) is 0 Å². The Bertz CT molecular complexity index is 954. The molecule has 1 aromatic heterocycles. The Balaban J connectivity index is 1.45. The van der Waals surface area contributed by atoms with Gasteiger partial charge >= 0.3 is 0 Å². The van der Waals surface area contributed by atoms with Gasteiger partial charge in [0.1, 0.15) is 5.75 Å². The number of amides is 1. The Hall–Kier alpha value is -3.45. The number of hydrogen-bond donors (Lipinski definition) is 1. The Labute approximate surface area is 170 Å². The number of nitrogens with zero attached hydrogens (tertiary/aromatic N) is 4. The van der Waals surface area contributed by atoms with Crippen molar-refractivity contribution in [2.45, 2.75) is 0 Å². The summed E-state index contributed by atoms with van der Waals surface area (Å²) in [6.07, 6.45) is 3.13. The molecule has 0 saturated carbocycles. The summed E-state index contributed by atoms with van der Waals surface area (Å²) in [6.45, 7) is 3.20. The molecule has 0 spiro atoms. The van der Waals surface area contributed by atoms with E-state index < -0.39 is 0 Å². The number of likely N-dealkylation sites (N-methyl/N-ethyl adjacent to an activating group) is 1. The summed E-state index contributed by atoms with van der Waals surface area (Å²) in [5.41, 5.74) is 1.24. The molecule has 1 saturated heterocycles. The lowest BCUT2D eigenvalue weighted by atomic mass is 10.2. The first-order chi connectivity index (χ1) is 14.2. The van der Waals surface area contributed by atoms with Crippen LogP contribution in [0.1, 0.15) is 10.4 Å². The van der Waals surface area contributed by atoms with Crippen molar-refractivity contribution in [3.8, 4) is 11.5 Å². The minimum Gasteiger partial charge on any atom is -0.455 e. The van der Waals surface area contributed by atoms with Crippen LogP contribution in [0.25, 0.3) is 0 Å². The lowest BCUT2D eigenvalue weighted by Gasteiger charge is -2.32. The highest BCUT2D eigenvalue weighted by Crippen LogP contribution is 2.30. The van der Waals surface area contributed by atoms with E-state index in [4.69, 9.17) is 4.74 Å². The molecule has 0 atom stereocenters. The molecule has 1 fully saturated rings. The first kappa shape index (κ1) is 18.9. The Kier molecular flexibility index (Phi) is 5.67. The summed E-state index contributed by atoms with van der Waals surface area (Å²) in [5, 5.41) is 3.17. The van der Waals surface area contributed by atoms with Crippen molar-refractivity contribution in [1.82, 2.24) is 19.8 Å². The van der Waals surface area contributed by atoms with Crippen LogP contribution in [0, 0.1) is 0 Å². The highest BCUT2D eigenvalue weighted by molar-refractivity contribution is 5.93. The van der Waals surface area contributed by atoms with E-state index in [9.17, 15) is 4.79 Å². The summed E-state index contributed by atoms with van der Waals surface area (Å²) in [6, 6.07) is 17.2. The number of carbonyl (C=O) groups excluding carboxylic acids is 1. The monoisotopic (exact) mass is 389 g/mol. The molecule has 0 aliphatic carbocycles. The predicted octanol–water partition coefficient (Wildman–Crippen LogP) is 3.40. The second kappa shape index (κ2) is 8.70. The van der Waals surface area contributed by atoms with Gasteiger partial charge < -0.3 is 19.9 Å². The van der Waals surface area contributed by atoms with Crippen LogP contribution < -0.4 is 10.1 Å². The van der Waals surface area contributed by atoms with Crippen LogP contribution in [0.4, 0.5) is 11.6 Å². The molecular formula is C22H23N5O2. The van der Waals surface area contributed by atoms with Gasteiger partial charge in [0.25, 0.3) is 5.91 Å². The number of piperazine rings is 1. The maximum absolute atomic E-state index is 12.6. The third-order valence-corrected chi connectivity index (χ3v) is 4.79. The smallest absolute Gasteiger partial charge is 0.257 e. The second-order valence-corrected chi connectivity index (χ2v) is 6.93. The number of anilines is 2. The van der Waals surface area contributed by atoms with Gasteiger partial charge in [0, 0.05) is 38.6 Å². The van der Waals surface area contributed by atoms with Gasteiger partial charge in [-0.05, 0) is 31.3 Å². The number of rotatable bonds is 5. The van der Waals surface area contributed by atoms with Gasteiger partial charge in [0.05, 0.1) is 11.3 Å². The number of ether oxygens (including phenoxy) is 1. The average Bonchev–Trinajstić information content (AvgIpc) is 2.76. The van der Waals surface area contributed by atoms with Gasteiger partial charge in [-0.3, -0.25) is 4.79 Å². The number of hydrogen-bond acceptors (Lipinski definition) is 6. The van der Waals surface area contributed by atoms with Gasteiger partial charge in [-0.15, -0.1) is 0 Å². The van der Waals surface area contributed by atoms with E-state index in [1.165, 1.54) is 0 Å². The zero-order chi connectivity index (χ0) is 20.1. The largest absolute Gasteiger partial charge is 0.455 e. The van der Waals surface area contributed by atoms with E-state index in [0.717, 1.165) is 37.6 Å². The van der Waals surface area contributed by atoms with Crippen molar-refractivity contribution in [3.63, 3.8) is 0 Å². The first-order valence-electron chi connectivity index (χ1n) is 9.58. The number of benzene rings is 2. The van der Waals surface area contributed by atoms with Gasteiger partial charge in [-0.1, -0.05) is 30.3 Å². The van der Waals surface area contributed by atoms with E-state index in [-0.39, 0.29) is 5.91 Å². The highest BCUT2D eigenvalue weighted by atomic mass is 16.5. The molecule has 3 aromatic rings. The summed E-state index contributed by atoms with van der Waals surface area (Å²) >= 11 is 0. The van der Waals surface area contributed by atoms with Crippen LogP contribution in [-0.2, 0) is 0 Å². The quantitative estimate of drug-likeness (QED) is 0.721. The number of aromatic nitrogens is 2.